The van der Waals surface area contributed by atoms with Crippen LogP contribution < -0.4 is 11.5 Å². The van der Waals surface area contributed by atoms with Gasteiger partial charge in [0.25, 0.3) is 0 Å². The van der Waals surface area contributed by atoms with Crippen molar-refractivity contribution in [3.05, 3.63) is 25.3 Å². The van der Waals surface area contributed by atoms with E-state index in [1.165, 1.54) is 10.9 Å². The number of hydrogen-bond donors (Lipinski definition) is 9. The molecule has 2 fully saturated rings. The summed E-state index contributed by atoms with van der Waals surface area (Å²) in [5.74, 6) is -0.0251. The molecule has 2 saturated heterocycles. The molecular formula is C20H26N10O13P2. The quantitative estimate of drug-likeness (QED) is 0.0784. The minimum absolute atomic E-state index is 0.0271. The summed E-state index contributed by atoms with van der Waals surface area (Å²) in [4.78, 5) is 53.1. The monoisotopic (exact) mass is 676 g/mol. The highest BCUT2D eigenvalue weighted by molar-refractivity contribution is 7.54. The van der Waals surface area contributed by atoms with E-state index in [1.807, 2.05) is 0 Å². The topological polar surface area (TPSA) is 352 Å². The highest BCUT2D eigenvalue weighted by Crippen LogP contribution is 2.63. The maximum absolute atomic E-state index is 13.7. The second-order valence-electron chi connectivity index (χ2n) is 10.1. The number of anilines is 2. The second-order valence-corrected chi connectivity index (χ2v) is 13.3. The first kappa shape index (κ1) is 31.7. The van der Waals surface area contributed by atoms with E-state index >= 15 is 0 Å². The summed E-state index contributed by atoms with van der Waals surface area (Å²) in [6, 6.07) is 0. The maximum Gasteiger partial charge on any atom is 0.469 e. The number of nitrogen functional groups attached to an aromatic ring is 2. The van der Waals surface area contributed by atoms with Crippen LogP contribution in [0.4, 0.5) is 11.6 Å². The average molecular weight is 676 g/mol. The lowest BCUT2D eigenvalue weighted by Gasteiger charge is -2.34. The molecule has 45 heavy (non-hydrogen) atoms. The fourth-order valence-electron chi connectivity index (χ4n) is 5.12. The number of fused-ring (bicyclic) bond motifs is 2. The molecule has 23 nitrogen and oxygen atoms in total. The Hall–Kier alpha value is -3.28. The molecule has 244 valence electrons. The predicted molar refractivity (Wildman–Crippen MR) is 144 cm³/mol. The summed E-state index contributed by atoms with van der Waals surface area (Å²) < 4.78 is 48.2. The van der Waals surface area contributed by atoms with Crippen molar-refractivity contribution in [2.75, 3.05) is 24.7 Å². The molecule has 1 unspecified atom stereocenters. The van der Waals surface area contributed by atoms with Crippen molar-refractivity contribution in [3.63, 3.8) is 0 Å². The predicted octanol–water partition coefficient (Wildman–Crippen LogP) is -3.29. The molecular weight excluding hydrogens is 650 g/mol. The van der Waals surface area contributed by atoms with Crippen LogP contribution in [-0.4, -0.2) is 123 Å². The van der Waals surface area contributed by atoms with E-state index in [-0.39, 0.29) is 34.0 Å². The molecule has 0 aromatic carbocycles. The maximum atomic E-state index is 13.7. The number of nitrogens with zero attached hydrogens (tertiary/aromatic N) is 8. The molecule has 0 radical (unpaired) electrons. The number of hydrogen-bond acceptors (Lipinski definition) is 18. The van der Waals surface area contributed by atoms with E-state index in [0.29, 0.717) is 0 Å². The zero-order valence-electron chi connectivity index (χ0n) is 22.5. The zero-order chi connectivity index (χ0) is 32.5. The Kier molecular flexibility index (Phi) is 7.89. The standard InChI is InChI=1S/C20H26N10O13P2/c21-14-9-16(25-3-23-14)29(5-27-9)18-12(32)11(31)7(42-18)1-40-44(35,36)20(34)8(2-41-45(37,38)39)43-19(13(20)33)30-6-28-10-15(22)24-4-26-17(10)30/h3-8,11-13,18-19,31-34H,1-2H2,(H,35,36)(H2,21,23,25)(H2,22,24,26)(H2,37,38,39)/t7-,8-,11-,12-,13+,18-,19-,20+/m1/s1. The molecule has 25 heteroatoms. The summed E-state index contributed by atoms with van der Waals surface area (Å²) in [6.07, 6.45) is -7.88. The molecule has 6 rings (SSSR count). The number of aromatic nitrogens is 8. The summed E-state index contributed by atoms with van der Waals surface area (Å²) >= 11 is 0. The van der Waals surface area contributed by atoms with E-state index in [4.69, 9.17) is 25.5 Å². The van der Waals surface area contributed by atoms with Gasteiger partial charge < -0.3 is 60.6 Å². The van der Waals surface area contributed by atoms with Gasteiger partial charge in [-0.2, -0.15) is 0 Å². The number of phosphoric ester groups is 1. The van der Waals surface area contributed by atoms with Crippen molar-refractivity contribution in [2.45, 2.75) is 48.3 Å². The SMILES string of the molecule is Nc1ncnc2c1ncn2[C@@H]1O[C@H](COP(=O)(O)[C@@]2(O)[C@@H](COP(=O)(O)O)O[C@@H](n3cnc4c(N)ncnc43)[C@@H]2O)[C@@H](O)[C@H]1O. The lowest BCUT2D eigenvalue weighted by atomic mass is 10.1. The first-order valence-corrected chi connectivity index (χ1v) is 15.9. The van der Waals surface area contributed by atoms with Crippen LogP contribution in [-0.2, 0) is 27.7 Å². The summed E-state index contributed by atoms with van der Waals surface area (Å²) in [7, 11) is -10.8. The number of ether oxygens (including phenoxy) is 2. The zero-order valence-corrected chi connectivity index (χ0v) is 24.3. The van der Waals surface area contributed by atoms with Crippen LogP contribution >= 0.6 is 15.4 Å². The van der Waals surface area contributed by atoms with Crippen LogP contribution in [0.2, 0.25) is 0 Å². The Morgan fingerprint density at radius 3 is 1.91 bits per heavy atom. The Morgan fingerprint density at radius 1 is 0.800 bits per heavy atom. The molecule has 4 aromatic heterocycles. The molecule has 0 saturated carbocycles. The van der Waals surface area contributed by atoms with Crippen LogP contribution in [0.5, 0.6) is 0 Å². The van der Waals surface area contributed by atoms with Gasteiger partial charge in [0, 0.05) is 0 Å². The van der Waals surface area contributed by atoms with Gasteiger partial charge >= 0.3 is 15.4 Å². The molecule has 0 bridgehead atoms. The van der Waals surface area contributed by atoms with E-state index in [9.17, 15) is 44.2 Å². The van der Waals surface area contributed by atoms with Gasteiger partial charge in [-0.25, -0.2) is 34.5 Å². The summed E-state index contributed by atoms with van der Waals surface area (Å²) in [5.41, 5.74) is 11.9. The molecule has 0 aliphatic carbocycles. The van der Waals surface area contributed by atoms with Crippen LogP contribution in [0.1, 0.15) is 12.5 Å². The normalized spacial score (nSPS) is 32.0. The van der Waals surface area contributed by atoms with Crippen molar-refractivity contribution in [1.82, 2.24) is 39.0 Å². The molecule has 0 amide bonds. The smallest absolute Gasteiger partial charge is 0.387 e. The Balaban J connectivity index is 1.26. The average Bonchev–Trinajstić information content (AvgIpc) is 3.73. The van der Waals surface area contributed by atoms with Crippen LogP contribution in [0.3, 0.4) is 0 Å². The lowest BCUT2D eigenvalue weighted by Crippen LogP contribution is -2.49. The third kappa shape index (κ3) is 5.26. The van der Waals surface area contributed by atoms with E-state index in [1.54, 1.807) is 0 Å². The molecule has 0 spiro atoms. The van der Waals surface area contributed by atoms with Crippen molar-refractivity contribution >= 4 is 49.4 Å². The second kappa shape index (κ2) is 11.2. The molecule has 4 aromatic rings. The number of phosphoric acid groups is 1. The van der Waals surface area contributed by atoms with Gasteiger partial charge in [-0.15, -0.1) is 0 Å². The van der Waals surface area contributed by atoms with Crippen LogP contribution in [0.15, 0.2) is 25.3 Å². The molecule has 6 heterocycles. The van der Waals surface area contributed by atoms with Crippen molar-refractivity contribution in [2.24, 2.45) is 0 Å². The molecule has 9 atom stereocenters. The largest absolute Gasteiger partial charge is 0.469 e. The fourth-order valence-corrected chi connectivity index (χ4v) is 6.97. The van der Waals surface area contributed by atoms with Gasteiger partial charge in [0.05, 0.1) is 25.9 Å². The molecule has 2 aliphatic heterocycles. The summed E-state index contributed by atoms with van der Waals surface area (Å²) in [6.45, 7) is -2.15. The van der Waals surface area contributed by atoms with Crippen molar-refractivity contribution < 1.29 is 62.8 Å². The highest BCUT2D eigenvalue weighted by Gasteiger charge is 2.67. The van der Waals surface area contributed by atoms with Gasteiger partial charge in [0.1, 0.15) is 54.2 Å². The van der Waals surface area contributed by atoms with E-state index < -0.39 is 76.9 Å². The number of aliphatic hydroxyl groups excluding tert-OH is 3. The van der Waals surface area contributed by atoms with Crippen molar-refractivity contribution in [1.29, 1.82) is 0 Å². The number of rotatable bonds is 9. The van der Waals surface area contributed by atoms with Gasteiger partial charge in [-0.1, -0.05) is 0 Å². The fraction of sp³-hybridized carbons (Fsp3) is 0.500. The lowest BCUT2D eigenvalue weighted by molar-refractivity contribution is -0.0692. The first-order chi connectivity index (χ1) is 21.1. The minimum atomic E-state index is -5.55. The third-order valence-electron chi connectivity index (χ3n) is 7.40. The van der Waals surface area contributed by atoms with Gasteiger partial charge in [-0.05, 0) is 0 Å². The first-order valence-electron chi connectivity index (χ1n) is 12.7. The van der Waals surface area contributed by atoms with Gasteiger partial charge in [0.2, 0.25) is 5.34 Å². The Morgan fingerprint density at radius 2 is 1.36 bits per heavy atom. The van der Waals surface area contributed by atoms with Gasteiger partial charge in [-0.3, -0.25) is 18.2 Å². The van der Waals surface area contributed by atoms with Crippen molar-refractivity contribution in [3.8, 4) is 0 Å². The molecule has 2 aliphatic rings. The molecule has 11 N–H and O–H groups in total. The van der Waals surface area contributed by atoms with Gasteiger partial charge in [0.15, 0.2) is 35.4 Å². The highest BCUT2D eigenvalue weighted by atomic mass is 31.2. The Bertz CT molecular complexity index is 1840. The van der Waals surface area contributed by atoms with E-state index in [0.717, 1.165) is 23.5 Å². The number of aliphatic hydroxyl groups is 4. The minimum Gasteiger partial charge on any atom is -0.387 e. The van der Waals surface area contributed by atoms with Crippen LogP contribution in [0, 0.1) is 0 Å². The third-order valence-corrected chi connectivity index (χ3v) is 9.85. The number of imidazole rings is 2. The van der Waals surface area contributed by atoms with E-state index in [2.05, 4.69) is 34.4 Å². The Labute approximate surface area is 249 Å². The summed E-state index contributed by atoms with van der Waals surface area (Å²) in [5, 5.41) is 40.8. The number of nitrogens with two attached hydrogens (primary N) is 2. The van der Waals surface area contributed by atoms with Crippen LogP contribution in [0.25, 0.3) is 22.3 Å².